The average molecular weight is 527 g/mol. The lowest BCUT2D eigenvalue weighted by molar-refractivity contribution is 0.0114. The Labute approximate surface area is 225 Å². The quantitative estimate of drug-likeness (QED) is 0.425. The molecule has 0 saturated carbocycles. The van der Waals surface area contributed by atoms with Crippen LogP contribution < -0.4 is 20.3 Å². The van der Waals surface area contributed by atoms with Gasteiger partial charge in [-0.15, -0.1) is 0 Å². The molecule has 4 heterocycles. The summed E-state index contributed by atoms with van der Waals surface area (Å²) >= 11 is 0. The summed E-state index contributed by atoms with van der Waals surface area (Å²) in [6, 6.07) is 8.67. The third kappa shape index (κ3) is 6.73. The Morgan fingerprint density at radius 3 is 2.63 bits per heavy atom. The van der Waals surface area contributed by atoms with Gasteiger partial charge in [-0.05, 0) is 45.4 Å². The summed E-state index contributed by atoms with van der Waals surface area (Å²) in [6.45, 7) is 9.96. The van der Waals surface area contributed by atoms with Crippen molar-refractivity contribution in [3.05, 3.63) is 29.8 Å². The molecular formula is C28H42N6O4. The highest BCUT2D eigenvalue weighted by atomic mass is 16.5. The van der Waals surface area contributed by atoms with Crippen LogP contribution in [-0.2, 0) is 9.47 Å². The Morgan fingerprint density at radius 2 is 1.89 bits per heavy atom. The number of morpholine rings is 1. The number of hydrogen-bond donors (Lipinski definition) is 3. The van der Waals surface area contributed by atoms with Crippen LogP contribution in [0.15, 0.2) is 24.3 Å². The van der Waals surface area contributed by atoms with E-state index in [2.05, 4.69) is 27.4 Å². The van der Waals surface area contributed by atoms with Crippen LogP contribution in [0.5, 0.6) is 5.75 Å². The SMILES string of the molecule is CNCC(O)COc1cccc(-c2nc(N[C@@H]3CCOC3)c(C)c(N3CCC(N4CCOCC4)CC3)n2)c1. The van der Waals surface area contributed by atoms with Crippen molar-refractivity contribution >= 4 is 11.6 Å². The van der Waals surface area contributed by atoms with E-state index in [1.54, 1.807) is 0 Å². The first-order chi connectivity index (χ1) is 18.6. The molecule has 2 aromatic rings. The highest BCUT2D eigenvalue weighted by Gasteiger charge is 2.28. The Kier molecular flexibility index (Phi) is 9.29. The van der Waals surface area contributed by atoms with Crippen molar-refractivity contribution in [2.24, 2.45) is 0 Å². The fourth-order valence-electron chi connectivity index (χ4n) is 5.52. The molecule has 3 saturated heterocycles. The van der Waals surface area contributed by atoms with Crippen LogP contribution in [0, 0.1) is 6.92 Å². The van der Waals surface area contributed by atoms with E-state index in [4.69, 9.17) is 24.2 Å². The molecule has 1 unspecified atom stereocenters. The number of aromatic nitrogens is 2. The number of aliphatic hydroxyl groups is 1. The molecule has 0 spiro atoms. The molecule has 3 N–H and O–H groups in total. The highest BCUT2D eigenvalue weighted by molar-refractivity contribution is 5.67. The summed E-state index contributed by atoms with van der Waals surface area (Å²) in [6.07, 6.45) is 2.64. The fraction of sp³-hybridized carbons (Fsp3) is 0.643. The minimum absolute atomic E-state index is 0.219. The zero-order chi connectivity index (χ0) is 26.3. The predicted molar refractivity (Wildman–Crippen MR) is 148 cm³/mol. The number of anilines is 2. The van der Waals surface area contributed by atoms with Crippen molar-refractivity contribution in [1.29, 1.82) is 0 Å². The van der Waals surface area contributed by atoms with Gasteiger partial charge in [0, 0.05) is 56.5 Å². The van der Waals surface area contributed by atoms with Crippen LogP contribution >= 0.6 is 0 Å². The second-order valence-corrected chi connectivity index (χ2v) is 10.5. The lowest BCUT2D eigenvalue weighted by atomic mass is 10.0. The molecule has 10 heteroatoms. The molecule has 38 heavy (non-hydrogen) atoms. The van der Waals surface area contributed by atoms with E-state index < -0.39 is 6.10 Å². The van der Waals surface area contributed by atoms with Crippen molar-refractivity contribution in [3.63, 3.8) is 0 Å². The summed E-state index contributed by atoms with van der Waals surface area (Å²) in [5.41, 5.74) is 1.97. The minimum Gasteiger partial charge on any atom is -0.491 e. The highest BCUT2D eigenvalue weighted by Crippen LogP contribution is 2.32. The van der Waals surface area contributed by atoms with E-state index in [0.717, 1.165) is 88.0 Å². The summed E-state index contributed by atoms with van der Waals surface area (Å²) in [7, 11) is 1.81. The molecule has 3 aliphatic heterocycles. The van der Waals surface area contributed by atoms with Gasteiger partial charge in [-0.2, -0.15) is 0 Å². The Balaban J connectivity index is 1.37. The maximum Gasteiger partial charge on any atom is 0.164 e. The predicted octanol–water partition coefficient (Wildman–Crippen LogP) is 1.91. The molecule has 0 bridgehead atoms. The van der Waals surface area contributed by atoms with Crippen molar-refractivity contribution in [2.45, 2.75) is 44.4 Å². The maximum absolute atomic E-state index is 10.0. The molecule has 0 amide bonds. The molecule has 10 nitrogen and oxygen atoms in total. The first-order valence-electron chi connectivity index (χ1n) is 14.0. The van der Waals surface area contributed by atoms with Gasteiger partial charge in [-0.3, -0.25) is 4.90 Å². The third-order valence-electron chi connectivity index (χ3n) is 7.69. The number of benzene rings is 1. The second-order valence-electron chi connectivity index (χ2n) is 10.5. The van der Waals surface area contributed by atoms with Crippen LogP contribution in [0.1, 0.15) is 24.8 Å². The first kappa shape index (κ1) is 27.1. The van der Waals surface area contributed by atoms with Crippen molar-refractivity contribution < 1.29 is 19.3 Å². The average Bonchev–Trinajstić information content (AvgIpc) is 3.47. The Bertz CT molecular complexity index is 1040. The number of aliphatic hydroxyl groups excluding tert-OH is 1. The van der Waals surface area contributed by atoms with Crippen molar-refractivity contribution in [2.75, 3.05) is 83.0 Å². The lowest BCUT2D eigenvalue weighted by Crippen LogP contribution is -2.49. The molecule has 0 radical (unpaired) electrons. The number of likely N-dealkylation sites (N-methyl/N-ethyl adjacent to an activating group) is 1. The number of nitrogens with zero attached hydrogens (tertiary/aromatic N) is 4. The van der Waals surface area contributed by atoms with Crippen molar-refractivity contribution in [3.8, 4) is 17.1 Å². The molecule has 2 atom stereocenters. The van der Waals surface area contributed by atoms with Gasteiger partial charge < -0.3 is 34.9 Å². The maximum atomic E-state index is 10.0. The lowest BCUT2D eigenvalue weighted by Gasteiger charge is -2.40. The van der Waals surface area contributed by atoms with Gasteiger partial charge in [0.05, 0.1) is 25.9 Å². The normalized spacial score (nSPS) is 22.0. The number of nitrogens with one attached hydrogen (secondary N) is 2. The van der Waals surface area contributed by atoms with Gasteiger partial charge in [-0.25, -0.2) is 9.97 Å². The fourth-order valence-corrected chi connectivity index (χ4v) is 5.52. The Morgan fingerprint density at radius 1 is 1.08 bits per heavy atom. The van der Waals surface area contributed by atoms with Gasteiger partial charge in [0.2, 0.25) is 0 Å². The molecule has 0 aliphatic carbocycles. The molecule has 5 rings (SSSR count). The topological polar surface area (TPSA) is 104 Å². The zero-order valence-electron chi connectivity index (χ0n) is 22.7. The number of ether oxygens (including phenoxy) is 3. The minimum atomic E-state index is -0.573. The van der Waals surface area contributed by atoms with E-state index in [1.807, 2.05) is 31.3 Å². The van der Waals surface area contributed by atoms with E-state index >= 15 is 0 Å². The standard InChI is InChI=1S/C28H42N6O4/c1-20-26(30-22-8-13-37-18-22)31-27(21-4-3-5-25(16-21)38-19-24(35)17-29-2)32-28(20)34-9-6-23(7-10-34)33-11-14-36-15-12-33/h3-5,16,22-24,29,35H,6-15,17-19H2,1-2H3,(H,30,31,32)/t22-,24?/m1/s1. The number of rotatable bonds is 10. The van der Waals surface area contributed by atoms with Gasteiger partial charge >= 0.3 is 0 Å². The van der Waals surface area contributed by atoms with Crippen LogP contribution in [0.3, 0.4) is 0 Å². The van der Waals surface area contributed by atoms with Crippen LogP contribution in [0.2, 0.25) is 0 Å². The summed E-state index contributed by atoms with van der Waals surface area (Å²) in [4.78, 5) is 15.1. The monoisotopic (exact) mass is 526 g/mol. The van der Waals surface area contributed by atoms with Crippen LogP contribution in [-0.4, -0.2) is 111 Å². The number of hydrogen-bond acceptors (Lipinski definition) is 10. The van der Waals surface area contributed by atoms with E-state index in [-0.39, 0.29) is 12.6 Å². The van der Waals surface area contributed by atoms with E-state index in [0.29, 0.717) is 30.8 Å². The first-order valence-corrected chi connectivity index (χ1v) is 14.0. The van der Waals surface area contributed by atoms with E-state index in [1.165, 1.54) is 0 Å². The zero-order valence-corrected chi connectivity index (χ0v) is 22.7. The van der Waals surface area contributed by atoms with Crippen molar-refractivity contribution in [1.82, 2.24) is 20.2 Å². The third-order valence-corrected chi connectivity index (χ3v) is 7.69. The van der Waals surface area contributed by atoms with Gasteiger partial charge in [0.25, 0.3) is 0 Å². The Hall–Kier alpha value is -2.50. The summed E-state index contributed by atoms with van der Waals surface area (Å²) in [5, 5.41) is 16.6. The number of piperidine rings is 1. The molecular weight excluding hydrogens is 484 g/mol. The van der Waals surface area contributed by atoms with Crippen LogP contribution in [0.25, 0.3) is 11.4 Å². The molecule has 3 aliphatic rings. The largest absolute Gasteiger partial charge is 0.491 e. The molecule has 1 aromatic carbocycles. The molecule has 3 fully saturated rings. The summed E-state index contributed by atoms with van der Waals surface area (Å²) < 4.78 is 17.0. The van der Waals surface area contributed by atoms with Gasteiger partial charge in [0.15, 0.2) is 5.82 Å². The smallest absolute Gasteiger partial charge is 0.164 e. The summed E-state index contributed by atoms with van der Waals surface area (Å²) in [5.74, 6) is 3.22. The van der Waals surface area contributed by atoms with Crippen LogP contribution in [0.4, 0.5) is 11.6 Å². The van der Waals surface area contributed by atoms with Gasteiger partial charge in [0.1, 0.15) is 30.1 Å². The van der Waals surface area contributed by atoms with E-state index in [9.17, 15) is 5.11 Å². The van der Waals surface area contributed by atoms with Gasteiger partial charge in [-0.1, -0.05) is 12.1 Å². The second kappa shape index (κ2) is 13.0. The molecule has 1 aromatic heterocycles. The molecule has 208 valence electrons.